The summed E-state index contributed by atoms with van der Waals surface area (Å²) in [5.74, 6) is -1.55. The van der Waals surface area contributed by atoms with Gasteiger partial charge in [-0.1, -0.05) is 128 Å². The second kappa shape index (κ2) is 26.1. The molecule has 0 saturated heterocycles. The molecule has 0 aliphatic carbocycles. The molecule has 3 N–H and O–H groups in total. The number of unbranched alkanes of at least 4 members (excludes halogenated alkanes) is 10. The predicted molar refractivity (Wildman–Crippen MR) is 205 cm³/mol. The van der Waals surface area contributed by atoms with Crippen LogP contribution in [0.3, 0.4) is 0 Å². The number of carbonyl (C=O) groups excluding carboxylic acids is 4. The van der Waals surface area contributed by atoms with Crippen LogP contribution >= 0.6 is 0 Å². The first kappa shape index (κ1) is 45.3. The molecule has 2 aliphatic rings. The van der Waals surface area contributed by atoms with Gasteiger partial charge in [0.1, 0.15) is 22.6 Å². The Morgan fingerprint density at radius 2 is 1.10 bits per heavy atom. The van der Waals surface area contributed by atoms with E-state index < -0.39 is 35.2 Å². The largest absolute Gasteiger partial charge is 0.450 e. The molecule has 2 rings (SSSR count). The lowest BCUT2D eigenvalue weighted by Crippen LogP contribution is -2.28. The highest BCUT2D eigenvalue weighted by atomic mass is 16.6. The number of aliphatic hydroxyl groups is 1. The first-order chi connectivity index (χ1) is 24.4. The molecular formula is C42H66N2O7. The van der Waals surface area contributed by atoms with E-state index in [1.54, 1.807) is 31.2 Å². The van der Waals surface area contributed by atoms with Gasteiger partial charge in [0, 0.05) is 6.42 Å². The fourth-order valence-electron chi connectivity index (χ4n) is 5.18. The Hall–Kier alpha value is -3.72. The second-order valence-corrected chi connectivity index (χ2v) is 13.7. The van der Waals surface area contributed by atoms with Crippen LogP contribution in [0.25, 0.3) is 0 Å². The number of rotatable bonds is 24. The number of hydrogen-bond donors (Lipinski definition) is 3. The number of nitrogens with one attached hydrogen (secondary N) is 2. The standard InChI is InChI=1S/C21H33NO4.C21H33NO3/c1-4-6-7-8-9-10-11-12-13-14-17(23)15-19(24)22-18-16-21(3,5-2)26-20(18)25;1-4-6-7-8-9-10-11-12-13-14-15-16-19(23)22-18-17-21(3,5-2)25-20(18)24/h11-14,16-17,23H,4-10,15H2,1-3H3,(H,22,24);11-14,17H,4-10,15-16H2,1-3H3,(H,22,23)/b2*12-11+,14-13-/t17-,21-;21-/m00/s1. The normalized spacial score (nSPS) is 20.8. The molecule has 2 aliphatic heterocycles. The van der Waals surface area contributed by atoms with Crippen LogP contribution < -0.4 is 10.6 Å². The number of hydrogen-bond acceptors (Lipinski definition) is 7. The summed E-state index contributed by atoms with van der Waals surface area (Å²) in [6.07, 6.45) is 35.0. The lowest BCUT2D eigenvalue weighted by molar-refractivity contribution is -0.147. The van der Waals surface area contributed by atoms with Crippen molar-refractivity contribution in [3.8, 4) is 0 Å². The third-order valence-corrected chi connectivity index (χ3v) is 8.79. The van der Waals surface area contributed by atoms with Gasteiger partial charge in [-0.25, -0.2) is 9.59 Å². The van der Waals surface area contributed by atoms with E-state index in [1.165, 1.54) is 64.2 Å². The highest BCUT2D eigenvalue weighted by molar-refractivity contribution is 5.96. The summed E-state index contributed by atoms with van der Waals surface area (Å²) in [6, 6.07) is 0. The van der Waals surface area contributed by atoms with E-state index in [4.69, 9.17) is 9.47 Å². The van der Waals surface area contributed by atoms with E-state index >= 15 is 0 Å². The number of ether oxygens (including phenoxy) is 2. The molecule has 0 aromatic rings. The molecule has 0 bridgehead atoms. The van der Waals surface area contributed by atoms with Crippen molar-refractivity contribution in [1.82, 2.24) is 10.6 Å². The van der Waals surface area contributed by atoms with Gasteiger partial charge in [-0.05, 0) is 70.9 Å². The minimum absolute atomic E-state index is 0.102. The topological polar surface area (TPSA) is 131 Å². The fraction of sp³-hybridized carbons (Fsp3) is 0.619. The lowest BCUT2D eigenvalue weighted by Gasteiger charge is -2.17. The van der Waals surface area contributed by atoms with Crippen molar-refractivity contribution in [2.75, 3.05) is 0 Å². The Morgan fingerprint density at radius 3 is 1.55 bits per heavy atom. The molecule has 3 atom stereocenters. The van der Waals surface area contributed by atoms with Crippen LogP contribution in [0.15, 0.2) is 72.2 Å². The monoisotopic (exact) mass is 710 g/mol. The van der Waals surface area contributed by atoms with Gasteiger partial charge in [-0.3, -0.25) is 9.59 Å². The quantitative estimate of drug-likeness (QED) is 0.0518. The Labute approximate surface area is 307 Å². The van der Waals surface area contributed by atoms with Crippen LogP contribution in [-0.2, 0) is 28.7 Å². The Bertz CT molecular complexity index is 1260. The number of amides is 2. The molecule has 9 heteroatoms. The van der Waals surface area contributed by atoms with Gasteiger partial charge in [0.05, 0.1) is 12.5 Å². The summed E-state index contributed by atoms with van der Waals surface area (Å²) >= 11 is 0. The Morgan fingerprint density at radius 1 is 0.667 bits per heavy atom. The molecular weight excluding hydrogens is 644 g/mol. The van der Waals surface area contributed by atoms with E-state index in [1.807, 2.05) is 45.1 Å². The van der Waals surface area contributed by atoms with E-state index in [2.05, 4.69) is 36.6 Å². The highest BCUT2D eigenvalue weighted by Gasteiger charge is 2.36. The van der Waals surface area contributed by atoms with Gasteiger partial charge in [0.25, 0.3) is 0 Å². The lowest BCUT2D eigenvalue weighted by atomic mass is 10.0. The van der Waals surface area contributed by atoms with Crippen LogP contribution in [0.4, 0.5) is 0 Å². The van der Waals surface area contributed by atoms with Crippen molar-refractivity contribution in [3.63, 3.8) is 0 Å². The van der Waals surface area contributed by atoms with Crippen molar-refractivity contribution >= 4 is 23.8 Å². The molecule has 0 aromatic heterocycles. The molecule has 0 unspecified atom stereocenters. The summed E-state index contributed by atoms with van der Waals surface area (Å²) in [5, 5.41) is 15.1. The first-order valence-corrected chi connectivity index (χ1v) is 19.3. The summed E-state index contributed by atoms with van der Waals surface area (Å²) < 4.78 is 10.5. The van der Waals surface area contributed by atoms with Crippen molar-refractivity contribution in [2.45, 2.75) is 168 Å². The average molecular weight is 711 g/mol. The van der Waals surface area contributed by atoms with Crippen molar-refractivity contribution in [3.05, 3.63) is 72.2 Å². The van der Waals surface area contributed by atoms with Crippen LogP contribution in [0.2, 0.25) is 0 Å². The number of carbonyl (C=O) groups is 4. The van der Waals surface area contributed by atoms with Gasteiger partial charge in [0.2, 0.25) is 11.8 Å². The van der Waals surface area contributed by atoms with Crippen LogP contribution in [0, 0.1) is 0 Å². The molecule has 0 spiro atoms. The van der Waals surface area contributed by atoms with Gasteiger partial charge in [-0.2, -0.15) is 0 Å². The Kier molecular flexibility index (Phi) is 23.2. The molecule has 0 saturated carbocycles. The maximum atomic E-state index is 11.9. The number of esters is 2. The third-order valence-electron chi connectivity index (χ3n) is 8.79. The van der Waals surface area contributed by atoms with Crippen LogP contribution in [0.5, 0.6) is 0 Å². The number of aliphatic hydroxyl groups excluding tert-OH is 1. The van der Waals surface area contributed by atoms with E-state index in [0.29, 0.717) is 25.7 Å². The molecule has 2 amide bonds. The van der Waals surface area contributed by atoms with Crippen molar-refractivity contribution < 1.29 is 33.8 Å². The molecule has 0 radical (unpaired) electrons. The molecule has 0 aromatic carbocycles. The smallest absolute Gasteiger partial charge is 0.355 e. The zero-order valence-electron chi connectivity index (χ0n) is 32.3. The van der Waals surface area contributed by atoms with Crippen molar-refractivity contribution in [2.24, 2.45) is 0 Å². The molecule has 2 heterocycles. The Balaban J connectivity index is 0.000000510. The summed E-state index contributed by atoms with van der Waals surface area (Å²) in [4.78, 5) is 47.3. The zero-order valence-corrected chi connectivity index (χ0v) is 32.3. The summed E-state index contributed by atoms with van der Waals surface area (Å²) in [6.45, 7) is 11.9. The van der Waals surface area contributed by atoms with E-state index in [-0.39, 0.29) is 23.7 Å². The minimum Gasteiger partial charge on any atom is -0.450 e. The SMILES string of the molecule is CCCCCCC/C=C/C=C\CCC(=O)NC1=C[C@](C)(CC)OC1=O.CCCCCCC/C=C/C=C\[C@H](O)CC(=O)NC1=C[C@](C)(CC)OC1=O. The summed E-state index contributed by atoms with van der Waals surface area (Å²) in [7, 11) is 0. The third kappa shape index (κ3) is 20.7. The van der Waals surface area contributed by atoms with Crippen molar-refractivity contribution in [1.29, 1.82) is 0 Å². The van der Waals surface area contributed by atoms with Crippen LogP contribution in [-0.4, -0.2) is 46.2 Å². The predicted octanol–water partition coefficient (Wildman–Crippen LogP) is 8.90. The maximum Gasteiger partial charge on any atom is 0.355 e. The number of cyclic esters (lactones) is 2. The van der Waals surface area contributed by atoms with Gasteiger partial charge >= 0.3 is 11.9 Å². The zero-order chi connectivity index (χ0) is 38.0. The molecule has 9 nitrogen and oxygen atoms in total. The van der Waals surface area contributed by atoms with E-state index in [9.17, 15) is 24.3 Å². The number of allylic oxidation sites excluding steroid dienone is 7. The van der Waals surface area contributed by atoms with E-state index in [0.717, 1.165) is 12.8 Å². The molecule has 51 heavy (non-hydrogen) atoms. The average Bonchev–Trinajstić information content (AvgIpc) is 3.55. The summed E-state index contributed by atoms with van der Waals surface area (Å²) in [5.41, 5.74) is -0.847. The fourth-order valence-corrected chi connectivity index (χ4v) is 5.18. The molecule has 0 fully saturated rings. The highest BCUT2D eigenvalue weighted by Crippen LogP contribution is 2.27. The van der Waals surface area contributed by atoms with Gasteiger partial charge < -0.3 is 25.2 Å². The maximum absolute atomic E-state index is 11.9. The van der Waals surface area contributed by atoms with Crippen LogP contribution in [0.1, 0.15) is 151 Å². The first-order valence-electron chi connectivity index (χ1n) is 19.3. The second-order valence-electron chi connectivity index (χ2n) is 13.7. The minimum atomic E-state index is -0.889. The van der Waals surface area contributed by atoms with Gasteiger partial charge in [-0.15, -0.1) is 0 Å². The van der Waals surface area contributed by atoms with Gasteiger partial charge in [0.15, 0.2) is 0 Å². The molecule has 286 valence electrons.